The summed E-state index contributed by atoms with van der Waals surface area (Å²) in [6.07, 6.45) is -11.1. The van der Waals surface area contributed by atoms with Gasteiger partial charge in [-0.05, 0) is 19.1 Å². The molecular formula is C21H6F10MnN4O2. The van der Waals surface area contributed by atoms with E-state index >= 15 is 0 Å². The van der Waals surface area contributed by atoms with Crippen LogP contribution in [0.5, 0.6) is 5.88 Å². The van der Waals surface area contributed by atoms with Crippen LogP contribution in [0.2, 0.25) is 0 Å². The van der Waals surface area contributed by atoms with Crippen molar-refractivity contribution in [1.82, 2.24) is 9.78 Å². The molecule has 0 fully saturated rings. The van der Waals surface area contributed by atoms with Gasteiger partial charge in [0.2, 0.25) is 5.88 Å². The molecular weight excluding hydrogens is 585 g/mol. The van der Waals surface area contributed by atoms with Crippen molar-refractivity contribution < 1.29 is 70.9 Å². The van der Waals surface area contributed by atoms with E-state index in [0.717, 1.165) is 19.1 Å². The van der Waals surface area contributed by atoms with Gasteiger partial charge in [0.15, 0.2) is 29.1 Å². The predicted molar refractivity (Wildman–Crippen MR) is 99.1 cm³/mol. The molecule has 0 bridgehead atoms. The first-order chi connectivity index (χ1) is 17.0. The number of aromatic nitrogens is 2. The summed E-state index contributed by atoms with van der Waals surface area (Å²) in [6.45, 7) is 0.828. The molecule has 0 amide bonds. The van der Waals surface area contributed by atoms with E-state index in [1.807, 2.05) is 0 Å². The Kier molecular flexibility index (Phi) is 7.93. The molecule has 3 rings (SSSR count). The van der Waals surface area contributed by atoms with E-state index in [1.54, 1.807) is 0 Å². The summed E-state index contributed by atoms with van der Waals surface area (Å²) in [4.78, 5) is 12.9. The fraction of sp³-hybridized carbons (Fsp3) is 0.143. The van der Waals surface area contributed by atoms with Crippen molar-refractivity contribution >= 4 is 5.78 Å². The molecule has 0 unspecified atom stereocenters. The molecule has 0 aliphatic rings. The number of aromatic hydroxyl groups is 1. The van der Waals surface area contributed by atoms with Gasteiger partial charge in [-0.25, -0.2) is 17.6 Å². The molecule has 0 spiro atoms. The Hall–Kier alpha value is -4.08. The number of halogens is 10. The summed E-state index contributed by atoms with van der Waals surface area (Å²) in [5.41, 5.74) is -12.9. The fourth-order valence-electron chi connectivity index (χ4n) is 3.33. The zero-order chi connectivity index (χ0) is 28.2. The minimum absolute atomic E-state index is 0. The van der Waals surface area contributed by atoms with E-state index in [0.29, 0.717) is 0 Å². The van der Waals surface area contributed by atoms with E-state index in [2.05, 4.69) is 5.10 Å². The molecule has 3 aromatic rings. The van der Waals surface area contributed by atoms with Gasteiger partial charge in [0.05, 0.1) is 22.4 Å². The number of benzene rings is 2. The maximum atomic E-state index is 14.4. The van der Waals surface area contributed by atoms with Crippen molar-refractivity contribution in [3.05, 3.63) is 74.5 Å². The van der Waals surface area contributed by atoms with Gasteiger partial charge in [-0.3, -0.25) is 4.79 Å². The minimum atomic E-state index is -5.55. The van der Waals surface area contributed by atoms with E-state index in [4.69, 9.17) is 10.5 Å². The zero-order valence-electron chi connectivity index (χ0n) is 18.0. The standard InChI is InChI=1S/C21H6F10N4O2.Mn/c1-6-12(19(37)35(34-6)17-15(24)13(22)9(5-33)14(23)16(17)25)18(36)7-2-10(20(26,27)28)8(4-32)11(3-7)21(29,30)31;/h2-3,37H,1H3;. The van der Waals surface area contributed by atoms with E-state index in [-0.39, 0.29) is 33.9 Å². The van der Waals surface area contributed by atoms with Crippen LogP contribution < -0.4 is 0 Å². The van der Waals surface area contributed by atoms with Crippen LogP contribution in [0.25, 0.3) is 5.69 Å². The van der Waals surface area contributed by atoms with Crippen molar-refractivity contribution in [2.45, 2.75) is 19.3 Å². The summed E-state index contributed by atoms with van der Waals surface area (Å²) < 4.78 is 137. The minimum Gasteiger partial charge on any atom is -0.493 e. The third kappa shape index (κ3) is 4.78. The molecule has 1 heterocycles. The molecule has 38 heavy (non-hydrogen) atoms. The van der Waals surface area contributed by atoms with E-state index in [1.165, 1.54) is 0 Å². The normalized spacial score (nSPS) is 11.5. The van der Waals surface area contributed by atoms with Crippen LogP contribution in [0.15, 0.2) is 12.1 Å². The van der Waals surface area contributed by atoms with Gasteiger partial charge in [-0.1, -0.05) is 0 Å². The SMILES string of the molecule is Cc1nn(-c2c(F)c(F)c(C#N)c(F)c2F)c(O)c1C(=O)c1cc(C(F)(F)F)c(C#N)c(C(F)(F)F)c1.[Mn]. The van der Waals surface area contributed by atoms with Crippen molar-refractivity contribution in [3.8, 4) is 23.7 Å². The number of rotatable bonds is 3. The summed E-state index contributed by atoms with van der Waals surface area (Å²) in [5, 5.41) is 31.2. The number of nitriles is 2. The molecule has 17 heteroatoms. The Labute approximate surface area is 214 Å². The fourth-order valence-corrected chi connectivity index (χ4v) is 3.33. The number of hydrogen-bond donors (Lipinski definition) is 1. The molecule has 6 nitrogen and oxygen atoms in total. The molecule has 1 N–H and O–H groups in total. The number of carbonyl (C=O) groups is 1. The zero-order valence-corrected chi connectivity index (χ0v) is 19.1. The Morgan fingerprint density at radius 3 is 1.66 bits per heavy atom. The molecule has 0 saturated carbocycles. The third-order valence-corrected chi connectivity index (χ3v) is 4.95. The number of nitrogens with zero attached hydrogens (tertiary/aromatic N) is 4. The van der Waals surface area contributed by atoms with Crippen molar-refractivity contribution in [2.24, 2.45) is 0 Å². The van der Waals surface area contributed by atoms with Gasteiger partial charge in [0.25, 0.3) is 0 Å². The molecule has 1 radical (unpaired) electrons. The second-order valence-electron chi connectivity index (χ2n) is 7.17. The van der Waals surface area contributed by atoms with E-state index < -0.39 is 92.0 Å². The predicted octanol–water partition coefficient (Wildman–Crippen LogP) is 5.45. The van der Waals surface area contributed by atoms with Crippen LogP contribution in [0.3, 0.4) is 0 Å². The van der Waals surface area contributed by atoms with Crippen LogP contribution in [-0.4, -0.2) is 20.7 Å². The maximum Gasteiger partial charge on any atom is 0.417 e. The van der Waals surface area contributed by atoms with Gasteiger partial charge >= 0.3 is 12.4 Å². The van der Waals surface area contributed by atoms with Crippen LogP contribution in [0.4, 0.5) is 43.9 Å². The quantitative estimate of drug-likeness (QED) is 0.189. The summed E-state index contributed by atoms with van der Waals surface area (Å²) >= 11 is 0. The number of carbonyl (C=O) groups excluding carboxylic acids is 1. The van der Waals surface area contributed by atoms with Crippen molar-refractivity contribution in [2.75, 3.05) is 0 Å². The van der Waals surface area contributed by atoms with Crippen molar-refractivity contribution in [3.63, 3.8) is 0 Å². The number of hydrogen-bond acceptors (Lipinski definition) is 5. The smallest absolute Gasteiger partial charge is 0.417 e. The third-order valence-electron chi connectivity index (χ3n) is 4.95. The van der Waals surface area contributed by atoms with Gasteiger partial charge in [0, 0.05) is 22.6 Å². The summed E-state index contributed by atoms with van der Waals surface area (Å²) in [6, 6.07) is 1.39. The van der Waals surface area contributed by atoms with Crippen molar-refractivity contribution in [1.29, 1.82) is 10.5 Å². The first kappa shape index (κ1) is 30.1. The maximum absolute atomic E-state index is 14.4. The van der Waals surface area contributed by atoms with Gasteiger partial charge in [-0.2, -0.15) is 46.6 Å². The van der Waals surface area contributed by atoms with Gasteiger partial charge in [-0.15, -0.1) is 0 Å². The monoisotopic (exact) mass is 591 g/mol. The topological polar surface area (TPSA) is 103 Å². The Morgan fingerprint density at radius 2 is 1.29 bits per heavy atom. The van der Waals surface area contributed by atoms with E-state index in [9.17, 15) is 53.8 Å². The average molecular weight is 591 g/mol. The number of aryl methyl sites for hydroxylation is 1. The second-order valence-corrected chi connectivity index (χ2v) is 7.17. The molecule has 0 aliphatic carbocycles. The molecule has 0 aliphatic heterocycles. The van der Waals surface area contributed by atoms with Crippen LogP contribution in [0.1, 0.15) is 43.9 Å². The van der Waals surface area contributed by atoms with Crippen LogP contribution >= 0.6 is 0 Å². The van der Waals surface area contributed by atoms with Crippen LogP contribution in [0, 0.1) is 52.9 Å². The first-order valence-corrected chi connectivity index (χ1v) is 9.29. The van der Waals surface area contributed by atoms with Gasteiger partial charge in [0.1, 0.15) is 29.0 Å². The average Bonchev–Trinajstić information content (AvgIpc) is 3.09. The molecule has 0 atom stereocenters. The molecule has 199 valence electrons. The molecule has 0 saturated heterocycles. The Morgan fingerprint density at radius 1 is 0.868 bits per heavy atom. The summed E-state index contributed by atoms with van der Waals surface area (Å²) in [5.74, 6) is -12.3. The Balaban J connectivity index is 0.00000507. The largest absolute Gasteiger partial charge is 0.493 e. The second kappa shape index (κ2) is 10.00. The first-order valence-electron chi connectivity index (χ1n) is 9.29. The summed E-state index contributed by atoms with van der Waals surface area (Å²) in [7, 11) is 0. The number of alkyl halides is 6. The Bertz CT molecular complexity index is 1500. The van der Waals surface area contributed by atoms with Gasteiger partial charge < -0.3 is 5.11 Å². The molecule has 1 aromatic heterocycles. The number of ketones is 1. The molecule has 2 aromatic carbocycles. The van der Waals surface area contributed by atoms with Crippen LogP contribution in [-0.2, 0) is 29.4 Å².